The molecule has 1 aliphatic rings. The Bertz CT molecular complexity index is 556. The van der Waals surface area contributed by atoms with Gasteiger partial charge in [-0.3, -0.25) is 0 Å². The van der Waals surface area contributed by atoms with Crippen LogP contribution >= 0.6 is 0 Å². The first kappa shape index (κ1) is 12.0. The average molecular weight is 262 g/mol. The van der Waals surface area contributed by atoms with Gasteiger partial charge in [-0.05, 0) is 25.0 Å². The standard InChI is InChI=1S/C13H14N2O4/c16-10-4-9(5-11(17)6-10)13-14-12(15-19-13)8-2-1-3-18-7-8/h4-6,8,16-17H,1-3,7H2. The van der Waals surface area contributed by atoms with Gasteiger partial charge in [0.25, 0.3) is 5.89 Å². The highest BCUT2D eigenvalue weighted by atomic mass is 16.5. The molecule has 0 aliphatic carbocycles. The molecule has 1 atom stereocenters. The van der Waals surface area contributed by atoms with Gasteiger partial charge in [0, 0.05) is 24.2 Å². The number of aromatic nitrogens is 2. The van der Waals surface area contributed by atoms with Crippen LogP contribution in [-0.2, 0) is 4.74 Å². The topological polar surface area (TPSA) is 88.6 Å². The number of phenols is 2. The van der Waals surface area contributed by atoms with Crippen LogP contribution in [0.5, 0.6) is 11.5 Å². The number of rotatable bonds is 2. The van der Waals surface area contributed by atoms with Crippen molar-refractivity contribution in [2.75, 3.05) is 13.2 Å². The third kappa shape index (κ3) is 2.53. The number of hydrogen-bond donors (Lipinski definition) is 2. The maximum absolute atomic E-state index is 9.44. The molecule has 3 rings (SSSR count). The van der Waals surface area contributed by atoms with Crippen molar-refractivity contribution in [3.63, 3.8) is 0 Å². The molecule has 6 heteroatoms. The molecule has 100 valence electrons. The number of nitrogens with zero attached hydrogens (tertiary/aromatic N) is 2. The Balaban J connectivity index is 1.87. The molecule has 2 N–H and O–H groups in total. The fraction of sp³-hybridized carbons (Fsp3) is 0.385. The van der Waals surface area contributed by atoms with Gasteiger partial charge in [0.1, 0.15) is 11.5 Å². The fourth-order valence-electron chi connectivity index (χ4n) is 2.18. The molecule has 0 amide bonds. The maximum atomic E-state index is 9.44. The largest absolute Gasteiger partial charge is 0.508 e. The zero-order chi connectivity index (χ0) is 13.2. The molecule has 0 saturated carbocycles. The zero-order valence-electron chi connectivity index (χ0n) is 10.2. The minimum atomic E-state index is -0.0456. The predicted molar refractivity (Wildman–Crippen MR) is 65.9 cm³/mol. The third-order valence-electron chi connectivity index (χ3n) is 3.12. The van der Waals surface area contributed by atoms with Crippen LogP contribution in [0.15, 0.2) is 22.7 Å². The van der Waals surface area contributed by atoms with Gasteiger partial charge in [0.2, 0.25) is 0 Å². The highest BCUT2D eigenvalue weighted by Gasteiger charge is 2.22. The summed E-state index contributed by atoms with van der Waals surface area (Å²) in [7, 11) is 0. The second-order valence-electron chi connectivity index (χ2n) is 4.61. The van der Waals surface area contributed by atoms with Gasteiger partial charge in [-0.15, -0.1) is 0 Å². The zero-order valence-corrected chi connectivity index (χ0v) is 10.2. The molecule has 0 bridgehead atoms. The molecule has 1 aromatic heterocycles. The van der Waals surface area contributed by atoms with Gasteiger partial charge in [0.15, 0.2) is 5.82 Å². The lowest BCUT2D eigenvalue weighted by atomic mass is 10.0. The minimum Gasteiger partial charge on any atom is -0.508 e. The normalized spacial score (nSPS) is 19.5. The number of phenolic OH excluding ortho intramolecular Hbond substituents is 2. The molecule has 2 heterocycles. The van der Waals surface area contributed by atoms with Crippen molar-refractivity contribution in [2.24, 2.45) is 0 Å². The molecule has 1 unspecified atom stereocenters. The van der Waals surface area contributed by atoms with Gasteiger partial charge < -0.3 is 19.5 Å². The van der Waals surface area contributed by atoms with E-state index in [9.17, 15) is 10.2 Å². The summed E-state index contributed by atoms with van der Waals surface area (Å²) in [5.41, 5.74) is 0.493. The quantitative estimate of drug-likeness (QED) is 0.861. The number of aromatic hydroxyl groups is 2. The van der Waals surface area contributed by atoms with Gasteiger partial charge in [-0.25, -0.2) is 0 Å². The summed E-state index contributed by atoms with van der Waals surface area (Å²) in [4.78, 5) is 4.31. The SMILES string of the molecule is Oc1cc(O)cc(-c2nc(C3CCCOC3)no2)c1. The monoisotopic (exact) mass is 262 g/mol. The van der Waals surface area contributed by atoms with Crippen molar-refractivity contribution in [3.8, 4) is 23.0 Å². The van der Waals surface area contributed by atoms with E-state index in [0.717, 1.165) is 19.4 Å². The first-order valence-electron chi connectivity index (χ1n) is 6.17. The molecule has 1 fully saturated rings. The van der Waals surface area contributed by atoms with Crippen LogP contribution in [0.2, 0.25) is 0 Å². The Kier molecular flexibility index (Phi) is 3.08. The summed E-state index contributed by atoms with van der Waals surface area (Å²) in [6.07, 6.45) is 1.96. The van der Waals surface area contributed by atoms with Gasteiger partial charge >= 0.3 is 0 Å². The van der Waals surface area contributed by atoms with Crippen LogP contribution < -0.4 is 0 Å². The third-order valence-corrected chi connectivity index (χ3v) is 3.12. The summed E-state index contributed by atoms with van der Waals surface area (Å²) < 4.78 is 10.6. The van der Waals surface area contributed by atoms with Crippen LogP contribution in [0.1, 0.15) is 24.6 Å². The molecule has 1 aromatic carbocycles. The molecule has 2 aromatic rings. The van der Waals surface area contributed by atoms with Crippen LogP contribution in [0.25, 0.3) is 11.5 Å². The minimum absolute atomic E-state index is 0.0456. The van der Waals surface area contributed by atoms with Crippen molar-refractivity contribution in [3.05, 3.63) is 24.0 Å². The van der Waals surface area contributed by atoms with E-state index >= 15 is 0 Å². The van der Waals surface area contributed by atoms with Crippen LogP contribution in [0, 0.1) is 0 Å². The van der Waals surface area contributed by atoms with Gasteiger partial charge in [-0.1, -0.05) is 5.16 Å². The molecule has 19 heavy (non-hydrogen) atoms. The van der Waals surface area contributed by atoms with Crippen molar-refractivity contribution < 1.29 is 19.5 Å². The summed E-state index contributed by atoms with van der Waals surface area (Å²) in [6.45, 7) is 1.38. The lowest BCUT2D eigenvalue weighted by molar-refractivity contribution is 0.0773. The first-order chi connectivity index (χ1) is 9.22. The second kappa shape index (κ2) is 4.89. The Morgan fingerprint density at radius 1 is 1.16 bits per heavy atom. The maximum Gasteiger partial charge on any atom is 0.258 e. The Morgan fingerprint density at radius 3 is 2.63 bits per heavy atom. The van der Waals surface area contributed by atoms with Crippen molar-refractivity contribution in [1.82, 2.24) is 10.1 Å². The molecular formula is C13H14N2O4. The smallest absolute Gasteiger partial charge is 0.258 e. The molecule has 1 aliphatic heterocycles. The van der Waals surface area contributed by atoms with E-state index in [0.29, 0.717) is 18.0 Å². The Hall–Kier alpha value is -2.08. The van der Waals surface area contributed by atoms with Gasteiger partial charge in [-0.2, -0.15) is 4.98 Å². The highest BCUT2D eigenvalue weighted by molar-refractivity contribution is 5.58. The fourth-order valence-corrected chi connectivity index (χ4v) is 2.18. The Morgan fingerprint density at radius 2 is 1.95 bits per heavy atom. The average Bonchev–Trinajstić information content (AvgIpc) is 2.88. The van der Waals surface area contributed by atoms with Crippen LogP contribution in [0.4, 0.5) is 0 Å². The summed E-state index contributed by atoms with van der Waals surface area (Å²) >= 11 is 0. The van der Waals surface area contributed by atoms with Crippen molar-refractivity contribution >= 4 is 0 Å². The van der Waals surface area contributed by atoms with E-state index in [4.69, 9.17) is 9.26 Å². The molecule has 0 radical (unpaired) electrons. The van der Waals surface area contributed by atoms with Gasteiger partial charge in [0.05, 0.1) is 6.61 Å². The van der Waals surface area contributed by atoms with Crippen LogP contribution in [-0.4, -0.2) is 33.6 Å². The van der Waals surface area contributed by atoms with E-state index in [2.05, 4.69) is 10.1 Å². The lowest BCUT2D eigenvalue weighted by Crippen LogP contribution is -2.16. The summed E-state index contributed by atoms with van der Waals surface area (Å²) in [5, 5.41) is 22.8. The second-order valence-corrected chi connectivity index (χ2v) is 4.61. The number of hydrogen-bond acceptors (Lipinski definition) is 6. The molecule has 6 nitrogen and oxygen atoms in total. The van der Waals surface area contributed by atoms with E-state index < -0.39 is 0 Å². The van der Waals surface area contributed by atoms with Crippen LogP contribution in [0.3, 0.4) is 0 Å². The molecular weight excluding hydrogens is 248 g/mol. The van der Waals surface area contributed by atoms with E-state index in [1.54, 1.807) is 0 Å². The van der Waals surface area contributed by atoms with Crippen molar-refractivity contribution in [1.29, 1.82) is 0 Å². The number of ether oxygens (including phenoxy) is 1. The molecule has 0 spiro atoms. The lowest BCUT2D eigenvalue weighted by Gasteiger charge is -2.18. The summed E-state index contributed by atoms with van der Waals surface area (Å²) in [6, 6.07) is 4.18. The first-order valence-corrected chi connectivity index (χ1v) is 6.17. The van der Waals surface area contributed by atoms with E-state index in [-0.39, 0.29) is 23.3 Å². The predicted octanol–water partition coefficient (Wildman–Crippen LogP) is 2.04. The molecule has 1 saturated heterocycles. The Labute approximate surface area is 109 Å². The highest BCUT2D eigenvalue weighted by Crippen LogP contribution is 2.29. The number of benzene rings is 1. The van der Waals surface area contributed by atoms with Crippen molar-refractivity contribution in [2.45, 2.75) is 18.8 Å². The summed E-state index contributed by atoms with van der Waals surface area (Å²) in [5.74, 6) is 0.952. The van der Waals surface area contributed by atoms with E-state index in [1.807, 2.05) is 0 Å². The van der Waals surface area contributed by atoms with E-state index in [1.165, 1.54) is 18.2 Å².